The lowest BCUT2D eigenvalue weighted by Gasteiger charge is -2.16. The Hall–Kier alpha value is -3.76. The lowest BCUT2D eigenvalue weighted by Crippen LogP contribution is -2.47. The number of aliphatic hydroxyl groups is 1. The second-order valence-corrected chi connectivity index (χ2v) is 8.91. The number of ether oxygens (including phenoxy) is 1. The van der Waals surface area contributed by atoms with E-state index in [4.69, 9.17) is 9.84 Å². The van der Waals surface area contributed by atoms with Crippen molar-refractivity contribution in [3.8, 4) is 11.1 Å². The van der Waals surface area contributed by atoms with E-state index in [1.54, 1.807) is 6.92 Å². The summed E-state index contributed by atoms with van der Waals surface area (Å²) in [6, 6.07) is 14.5. The number of carboxylic acid groups (broad SMARTS) is 1. The fourth-order valence-electron chi connectivity index (χ4n) is 3.98. The van der Waals surface area contributed by atoms with Crippen LogP contribution < -0.4 is 10.6 Å². The van der Waals surface area contributed by atoms with E-state index in [2.05, 4.69) is 15.6 Å². The molecule has 3 aromatic rings. The highest BCUT2D eigenvalue weighted by Crippen LogP contribution is 2.44. The zero-order valence-corrected chi connectivity index (χ0v) is 19.3. The summed E-state index contributed by atoms with van der Waals surface area (Å²) in [6.45, 7) is 2.96. The predicted molar refractivity (Wildman–Crippen MR) is 126 cm³/mol. The topological polar surface area (TPSA) is 138 Å². The maximum atomic E-state index is 12.5. The van der Waals surface area contributed by atoms with E-state index in [1.165, 1.54) is 6.92 Å². The van der Waals surface area contributed by atoms with Gasteiger partial charge >= 0.3 is 12.1 Å². The molecule has 0 unspecified atom stereocenters. The molecule has 4 N–H and O–H groups in total. The number of rotatable bonds is 7. The zero-order chi connectivity index (χ0) is 24.4. The van der Waals surface area contributed by atoms with Gasteiger partial charge in [-0.3, -0.25) is 10.1 Å². The monoisotopic (exact) mass is 481 g/mol. The molecule has 0 saturated carbocycles. The van der Waals surface area contributed by atoms with Crippen molar-refractivity contribution in [3.63, 3.8) is 0 Å². The van der Waals surface area contributed by atoms with Gasteiger partial charge in [-0.25, -0.2) is 14.6 Å². The maximum absolute atomic E-state index is 12.5. The second kappa shape index (κ2) is 9.62. The standard InChI is InChI=1S/C24H23N3O6S/c1-12-20(21(29)26-19(13(2)28)22(30)31)34-23(25-12)27-24(32)33-11-18-16-9-5-3-7-14(16)15-8-4-6-10-17(15)18/h3-10,13,18-19,28H,11H2,1-2H3,(H,26,29)(H,30,31)(H,25,27,32)/t13-,19+/m1/s1. The number of amides is 2. The maximum Gasteiger partial charge on any atom is 0.413 e. The van der Waals surface area contributed by atoms with Gasteiger partial charge in [-0.2, -0.15) is 0 Å². The number of carboxylic acids is 1. The lowest BCUT2D eigenvalue weighted by atomic mass is 9.98. The van der Waals surface area contributed by atoms with E-state index >= 15 is 0 Å². The van der Waals surface area contributed by atoms with Crippen LogP contribution in [0.25, 0.3) is 11.1 Å². The molecular weight excluding hydrogens is 458 g/mol. The van der Waals surface area contributed by atoms with Crippen LogP contribution in [0.4, 0.5) is 9.93 Å². The van der Waals surface area contributed by atoms with Crippen LogP contribution in [0.2, 0.25) is 0 Å². The van der Waals surface area contributed by atoms with Crippen molar-refractivity contribution in [2.45, 2.75) is 31.9 Å². The van der Waals surface area contributed by atoms with Gasteiger partial charge in [-0.1, -0.05) is 59.9 Å². The Bertz CT molecular complexity index is 1210. The number of hydrogen-bond acceptors (Lipinski definition) is 7. The number of benzene rings is 2. The summed E-state index contributed by atoms with van der Waals surface area (Å²) in [7, 11) is 0. The van der Waals surface area contributed by atoms with Gasteiger partial charge < -0.3 is 20.3 Å². The number of aliphatic carboxylic acids is 1. The molecule has 0 saturated heterocycles. The van der Waals surface area contributed by atoms with Gasteiger partial charge in [0.2, 0.25) is 0 Å². The van der Waals surface area contributed by atoms with Crippen molar-refractivity contribution in [1.82, 2.24) is 10.3 Å². The number of aromatic nitrogens is 1. The smallest absolute Gasteiger partial charge is 0.413 e. The molecule has 1 aliphatic rings. The van der Waals surface area contributed by atoms with Gasteiger partial charge in [0, 0.05) is 5.92 Å². The van der Waals surface area contributed by atoms with Gasteiger partial charge in [-0.05, 0) is 36.1 Å². The minimum Gasteiger partial charge on any atom is -0.480 e. The summed E-state index contributed by atoms with van der Waals surface area (Å²) in [5, 5.41) is 23.6. The molecule has 1 aliphatic carbocycles. The average Bonchev–Trinajstić information content (AvgIpc) is 3.32. The van der Waals surface area contributed by atoms with E-state index in [1.807, 2.05) is 48.5 Å². The third-order valence-electron chi connectivity index (χ3n) is 5.59. The van der Waals surface area contributed by atoms with Gasteiger partial charge in [0.15, 0.2) is 11.2 Å². The van der Waals surface area contributed by atoms with Crippen LogP contribution >= 0.6 is 11.3 Å². The molecule has 2 amide bonds. The molecule has 34 heavy (non-hydrogen) atoms. The largest absolute Gasteiger partial charge is 0.480 e. The molecule has 0 aliphatic heterocycles. The van der Waals surface area contributed by atoms with Crippen molar-refractivity contribution >= 4 is 34.4 Å². The summed E-state index contributed by atoms with van der Waals surface area (Å²) in [6.07, 6.45) is -2.00. The minimum absolute atomic E-state index is 0.0917. The number of anilines is 1. The van der Waals surface area contributed by atoms with E-state index in [0.29, 0.717) is 5.69 Å². The number of nitrogens with zero attached hydrogens (tertiary/aromatic N) is 1. The lowest BCUT2D eigenvalue weighted by molar-refractivity contribution is -0.141. The van der Waals surface area contributed by atoms with Crippen LogP contribution in [0.1, 0.15) is 39.3 Å². The minimum atomic E-state index is -1.47. The first kappa shape index (κ1) is 23.4. The molecule has 2 atom stereocenters. The molecule has 0 spiro atoms. The highest BCUT2D eigenvalue weighted by Gasteiger charge is 2.30. The Morgan fingerprint density at radius 2 is 1.68 bits per heavy atom. The van der Waals surface area contributed by atoms with Gasteiger partial charge in [0.1, 0.15) is 11.5 Å². The van der Waals surface area contributed by atoms with E-state index < -0.39 is 30.1 Å². The van der Waals surface area contributed by atoms with E-state index in [9.17, 15) is 19.5 Å². The van der Waals surface area contributed by atoms with Crippen LogP contribution in [0.5, 0.6) is 0 Å². The zero-order valence-electron chi connectivity index (χ0n) is 18.4. The average molecular weight is 482 g/mol. The first-order chi connectivity index (χ1) is 16.3. The van der Waals surface area contributed by atoms with Crippen LogP contribution in [0.15, 0.2) is 48.5 Å². The van der Waals surface area contributed by atoms with Gasteiger partial charge in [0.05, 0.1) is 11.8 Å². The first-order valence-electron chi connectivity index (χ1n) is 10.6. The van der Waals surface area contributed by atoms with Crippen LogP contribution in [0.3, 0.4) is 0 Å². The fourth-order valence-corrected chi connectivity index (χ4v) is 4.83. The first-order valence-corrected chi connectivity index (χ1v) is 11.4. The van der Waals surface area contributed by atoms with Crippen LogP contribution in [0, 0.1) is 6.92 Å². The van der Waals surface area contributed by atoms with Crippen molar-refractivity contribution < 1.29 is 29.3 Å². The quantitative estimate of drug-likeness (QED) is 0.406. The van der Waals surface area contributed by atoms with Crippen molar-refractivity contribution in [3.05, 3.63) is 70.2 Å². The number of aryl methyl sites for hydroxylation is 1. The molecule has 1 heterocycles. The number of hydrogen-bond donors (Lipinski definition) is 4. The molecule has 10 heteroatoms. The van der Waals surface area contributed by atoms with Crippen LogP contribution in [-0.4, -0.2) is 51.9 Å². The number of nitrogens with one attached hydrogen (secondary N) is 2. The molecule has 9 nitrogen and oxygen atoms in total. The fraction of sp³-hybridized carbons (Fsp3) is 0.250. The SMILES string of the molecule is Cc1nc(NC(=O)OCC2c3ccccc3-c3ccccc32)sc1C(=O)N[C@H](C(=O)O)[C@@H](C)O. The third kappa shape index (κ3) is 4.63. The Kier molecular flexibility index (Phi) is 6.62. The number of carbonyl (C=O) groups excluding carboxylic acids is 2. The molecule has 0 radical (unpaired) electrons. The molecule has 0 fully saturated rings. The Morgan fingerprint density at radius 3 is 2.24 bits per heavy atom. The highest BCUT2D eigenvalue weighted by atomic mass is 32.1. The molecular formula is C24H23N3O6S. The highest BCUT2D eigenvalue weighted by molar-refractivity contribution is 7.17. The number of aliphatic hydroxyl groups excluding tert-OH is 1. The van der Waals surface area contributed by atoms with Gasteiger partial charge in [-0.15, -0.1) is 0 Å². The van der Waals surface area contributed by atoms with Crippen molar-refractivity contribution in [2.24, 2.45) is 0 Å². The molecule has 2 aromatic carbocycles. The Labute approximate surface area is 199 Å². The normalized spacial score (nSPS) is 14.0. The summed E-state index contributed by atoms with van der Waals surface area (Å²) in [4.78, 5) is 40.4. The van der Waals surface area contributed by atoms with E-state index in [0.717, 1.165) is 33.6 Å². The molecule has 4 rings (SSSR count). The summed E-state index contributed by atoms with van der Waals surface area (Å²) in [5.74, 6) is -2.16. The van der Waals surface area contributed by atoms with Crippen molar-refractivity contribution in [2.75, 3.05) is 11.9 Å². The second-order valence-electron chi connectivity index (χ2n) is 7.91. The molecule has 0 bridgehead atoms. The van der Waals surface area contributed by atoms with Crippen LogP contribution in [-0.2, 0) is 9.53 Å². The summed E-state index contributed by atoms with van der Waals surface area (Å²) in [5.41, 5.74) is 4.73. The summed E-state index contributed by atoms with van der Waals surface area (Å²) >= 11 is 0.887. The number of carbonyl (C=O) groups is 3. The third-order valence-corrected chi connectivity index (χ3v) is 6.66. The molecule has 176 valence electrons. The number of fused-ring (bicyclic) bond motifs is 3. The molecule has 1 aromatic heterocycles. The Balaban J connectivity index is 1.41. The summed E-state index contributed by atoms with van der Waals surface area (Å²) < 4.78 is 5.49. The van der Waals surface area contributed by atoms with E-state index in [-0.39, 0.29) is 22.5 Å². The predicted octanol–water partition coefficient (Wildman–Crippen LogP) is 3.38. The Morgan fingerprint density at radius 1 is 1.09 bits per heavy atom. The van der Waals surface area contributed by atoms with Crippen molar-refractivity contribution in [1.29, 1.82) is 0 Å². The van der Waals surface area contributed by atoms with Gasteiger partial charge in [0.25, 0.3) is 5.91 Å². The number of thiazole rings is 1.